The fourth-order valence-corrected chi connectivity index (χ4v) is 2.30. The molecule has 0 aliphatic heterocycles. The van der Waals surface area contributed by atoms with E-state index in [-0.39, 0.29) is 23.7 Å². The van der Waals surface area contributed by atoms with Crippen LogP contribution in [0.5, 0.6) is 0 Å². The summed E-state index contributed by atoms with van der Waals surface area (Å²) in [5.74, 6) is -0.274. The molecule has 2 N–H and O–H groups in total. The second-order valence-electron chi connectivity index (χ2n) is 5.17. The second kappa shape index (κ2) is 7.73. The molecular weight excluding hydrogens is 272 g/mol. The third kappa shape index (κ3) is 4.82. The lowest BCUT2D eigenvalue weighted by molar-refractivity contribution is -0.384. The Morgan fingerprint density at radius 3 is 2.48 bits per heavy atom. The van der Waals surface area contributed by atoms with Gasteiger partial charge in [-0.3, -0.25) is 14.9 Å². The maximum absolute atomic E-state index is 12.0. The van der Waals surface area contributed by atoms with Gasteiger partial charge in [0.15, 0.2) is 0 Å². The zero-order valence-electron chi connectivity index (χ0n) is 12.6. The largest absolute Gasteiger partial charge is 0.391 e. The molecule has 1 aromatic rings. The van der Waals surface area contributed by atoms with Crippen molar-refractivity contribution in [3.63, 3.8) is 0 Å². The Kier molecular flexibility index (Phi) is 6.30. The van der Waals surface area contributed by atoms with Crippen molar-refractivity contribution < 1.29 is 14.8 Å². The summed E-state index contributed by atoms with van der Waals surface area (Å²) in [6, 6.07) is 4.24. The summed E-state index contributed by atoms with van der Waals surface area (Å²) in [5, 5.41) is 23.4. The molecule has 0 saturated heterocycles. The van der Waals surface area contributed by atoms with Crippen molar-refractivity contribution in [2.24, 2.45) is 5.92 Å². The molecule has 0 aliphatic rings. The number of non-ortho nitro benzene ring substituents is 1. The smallest absolute Gasteiger partial charge is 0.270 e. The fourth-order valence-electron chi connectivity index (χ4n) is 2.30. The number of hydrogen-bond acceptors (Lipinski definition) is 4. The van der Waals surface area contributed by atoms with Crippen molar-refractivity contribution in [1.29, 1.82) is 0 Å². The van der Waals surface area contributed by atoms with Gasteiger partial charge in [0.2, 0.25) is 0 Å². The predicted molar refractivity (Wildman–Crippen MR) is 80.2 cm³/mol. The molecule has 0 saturated carbocycles. The molecule has 0 fully saturated rings. The minimum Gasteiger partial charge on any atom is -0.391 e. The zero-order valence-corrected chi connectivity index (χ0v) is 12.6. The number of nitrogens with one attached hydrogen (secondary N) is 1. The summed E-state index contributed by atoms with van der Waals surface area (Å²) in [6.07, 6.45) is 1.07. The van der Waals surface area contributed by atoms with Gasteiger partial charge in [-0.2, -0.15) is 0 Å². The number of carbonyl (C=O) groups is 1. The number of hydrogen-bond donors (Lipinski definition) is 2. The molecule has 1 amide bonds. The van der Waals surface area contributed by atoms with Crippen LogP contribution in [0.25, 0.3) is 0 Å². The first-order valence-electron chi connectivity index (χ1n) is 7.11. The first kappa shape index (κ1) is 17.1. The van der Waals surface area contributed by atoms with Crippen LogP contribution in [0.15, 0.2) is 18.2 Å². The predicted octanol–water partition coefficient (Wildman–Crippen LogP) is 2.43. The van der Waals surface area contributed by atoms with Crippen LogP contribution in [0.3, 0.4) is 0 Å². The highest BCUT2D eigenvalue weighted by Gasteiger charge is 2.18. The number of nitrogens with zero attached hydrogens (tertiary/aromatic N) is 1. The maximum atomic E-state index is 12.0. The third-order valence-corrected chi connectivity index (χ3v) is 3.60. The van der Waals surface area contributed by atoms with Crippen molar-refractivity contribution in [3.8, 4) is 0 Å². The van der Waals surface area contributed by atoms with E-state index in [4.69, 9.17) is 0 Å². The van der Waals surface area contributed by atoms with Gasteiger partial charge in [0.25, 0.3) is 11.6 Å². The Morgan fingerprint density at radius 2 is 1.95 bits per heavy atom. The molecule has 0 aliphatic carbocycles. The van der Waals surface area contributed by atoms with Crippen LogP contribution in [0.1, 0.15) is 42.6 Å². The van der Waals surface area contributed by atoms with Crippen molar-refractivity contribution in [1.82, 2.24) is 5.32 Å². The molecule has 1 atom stereocenters. The van der Waals surface area contributed by atoms with E-state index in [2.05, 4.69) is 5.32 Å². The quantitative estimate of drug-likeness (QED) is 0.596. The highest BCUT2D eigenvalue weighted by Crippen LogP contribution is 2.17. The molecule has 0 aromatic heterocycles. The molecule has 1 aromatic carbocycles. The highest BCUT2D eigenvalue weighted by molar-refractivity contribution is 5.95. The first-order chi connectivity index (χ1) is 9.88. The number of carbonyl (C=O) groups excluding carboxylic acids is 1. The molecule has 1 rings (SSSR count). The molecule has 0 bridgehead atoms. The Labute approximate surface area is 124 Å². The molecule has 21 heavy (non-hydrogen) atoms. The van der Waals surface area contributed by atoms with Crippen LogP contribution < -0.4 is 5.32 Å². The van der Waals surface area contributed by atoms with Gasteiger partial charge in [0.1, 0.15) is 0 Å². The number of aryl methyl sites for hydroxylation is 1. The maximum Gasteiger partial charge on any atom is 0.270 e. The SMILES string of the molecule is CCC(CC)C(O)CNC(=O)c1cc(C)cc([N+](=O)[O-])c1. The number of rotatable bonds is 7. The van der Waals surface area contributed by atoms with Crippen LogP contribution in [0, 0.1) is 23.0 Å². The summed E-state index contributed by atoms with van der Waals surface area (Å²) in [7, 11) is 0. The lowest BCUT2D eigenvalue weighted by Gasteiger charge is -2.20. The Balaban J connectivity index is 2.74. The topological polar surface area (TPSA) is 92.5 Å². The van der Waals surface area contributed by atoms with Crippen molar-refractivity contribution >= 4 is 11.6 Å². The lowest BCUT2D eigenvalue weighted by Crippen LogP contribution is -2.36. The van der Waals surface area contributed by atoms with E-state index in [0.29, 0.717) is 5.56 Å². The zero-order chi connectivity index (χ0) is 16.0. The molecule has 116 valence electrons. The molecular formula is C15H22N2O4. The van der Waals surface area contributed by atoms with E-state index >= 15 is 0 Å². The third-order valence-electron chi connectivity index (χ3n) is 3.60. The Morgan fingerprint density at radius 1 is 1.33 bits per heavy atom. The van der Waals surface area contributed by atoms with Crippen molar-refractivity contribution in [3.05, 3.63) is 39.4 Å². The summed E-state index contributed by atoms with van der Waals surface area (Å²) < 4.78 is 0. The van der Waals surface area contributed by atoms with Gasteiger partial charge in [-0.05, 0) is 24.5 Å². The van der Waals surface area contributed by atoms with E-state index in [9.17, 15) is 20.0 Å². The van der Waals surface area contributed by atoms with Crippen molar-refractivity contribution in [2.75, 3.05) is 6.54 Å². The summed E-state index contributed by atoms with van der Waals surface area (Å²) in [5.41, 5.74) is 0.772. The van der Waals surface area contributed by atoms with Gasteiger partial charge >= 0.3 is 0 Å². The monoisotopic (exact) mass is 294 g/mol. The number of benzene rings is 1. The average Bonchev–Trinajstić information content (AvgIpc) is 2.45. The average molecular weight is 294 g/mol. The number of nitro groups is 1. The lowest BCUT2D eigenvalue weighted by atomic mass is 9.96. The number of nitro benzene ring substituents is 1. The van der Waals surface area contributed by atoms with Gasteiger partial charge in [0.05, 0.1) is 11.0 Å². The van der Waals surface area contributed by atoms with Crippen LogP contribution in [-0.4, -0.2) is 28.6 Å². The molecule has 0 spiro atoms. The van der Waals surface area contributed by atoms with Gasteiger partial charge in [-0.25, -0.2) is 0 Å². The van der Waals surface area contributed by atoms with Gasteiger partial charge in [-0.15, -0.1) is 0 Å². The fraction of sp³-hybridized carbons (Fsp3) is 0.533. The number of aliphatic hydroxyl groups is 1. The van der Waals surface area contributed by atoms with Crippen LogP contribution in [0.2, 0.25) is 0 Å². The Bertz CT molecular complexity index is 512. The number of aliphatic hydroxyl groups excluding tert-OH is 1. The first-order valence-corrected chi connectivity index (χ1v) is 7.11. The molecule has 0 heterocycles. The van der Waals surface area contributed by atoms with E-state index in [0.717, 1.165) is 12.8 Å². The minimum atomic E-state index is -0.608. The molecule has 0 radical (unpaired) electrons. The molecule has 6 nitrogen and oxygen atoms in total. The minimum absolute atomic E-state index is 0.110. The van der Waals surface area contributed by atoms with Gasteiger partial charge < -0.3 is 10.4 Å². The van der Waals surface area contributed by atoms with Gasteiger partial charge in [0, 0.05) is 24.2 Å². The Hall–Kier alpha value is -1.95. The molecule has 1 unspecified atom stereocenters. The molecule has 6 heteroatoms. The van der Waals surface area contributed by atoms with Gasteiger partial charge in [-0.1, -0.05) is 26.7 Å². The van der Waals surface area contributed by atoms with Crippen LogP contribution in [-0.2, 0) is 0 Å². The van der Waals surface area contributed by atoms with E-state index in [1.807, 2.05) is 13.8 Å². The standard InChI is InChI=1S/C15H22N2O4/c1-4-11(5-2)14(18)9-16-15(19)12-6-10(3)7-13(8-12)17(20)21/h6-8,11,14,18H,4-5,9H2,1-3H3,(H,16,19). The summed E-state index contributed by atoms with van der Waals surface area (Å²) in [4.78, 5) is 22.3. The normalized spacial score (nSPS) is 12.2. The summed E-state index contributed by atoms with van der Waals surface area (Å²) >= 11 is 0. The van der Waals surface area contributed by atoms with Crippen molar-refractivity contribution in [2.45, 2.75) is 39.7 Å². The van der Waals surface area contributed by atoms with E-state index in [1.54, 1.807) is 13.0 Å². The highest BCUT2D eigenvalue weighted by atomic mass is 16.6. The van der Waals surface area contributed by atoms with Crippen LogP contribution >= 0.6 is 0 Å². The number of amides is 1. The summed E-state index contributed by atoms with van der Waals surface area (Å²) in [6.45, 7) is 5.82. The van der Waals surface area contributed by atoms with E-state index in [1.165, 1.54) is 12.1 Å². The second-order valence-corrected chi connectivity index (χ2v) is 5.17. The van der Waals surface area contributed by atoms with E-state index < -0.39 is 16.9 Å². The van der Waals surface area contributed by atoms with Crippen LogP contribution in [0.4, 0.5) is 5.69 Å².